The Bertz CT molecular complexity index is 953. The SMILES string of the molecule is O=C(CSC1=NC2(CCCC2)N=C1c1ccccc1)Nc1ccc(Cl)cc1Cl. The zero-order valence-electron chi connectivity index (χ0n) is 15.1. The van der Waals surface area contributed by atoms with Gasteiger partial charge in [0, 0.05) is 10.6 Å². The molecule has 0 saturated heterocycles. The van der Waals surface area contributed by atoms with E-state index in [0.717, 1.165) is 42.0 Å². The minimum Gasteiger partial charge on any atom is -0.324 e. The molecule has 1 aliphatic heterocycles. The van der Waals surface area contributed by atoms with Crippen molar-refractivity contribution >= 4 is 57.3 Å². The average Bonchev–Trinajstić information content (AvgIpc) is 3.30. The number of hydrogen-bond acceptors (Lipinski definition) is 4. The van der Waals surface area contributed by atoms with Crippen LogP contribution in [0.2, 0.25) is 10.0 Å². The van der Waals surface area contributed by atoms with Crippen LogP contribution in [0.25, 0.3) is 0 Å². The Balaban J connectivity index is 1.48. The molecular weight excluding hydrogens is 413 g/mol. The first-order chi connectivity index (χ1) is 13.5. The van der Waals surface area contributed by atoms with Crippen molar-refractivity contribution in [3.8, 4) is 0 Å². The number of carbonyl (C=O) groups is 1. The fraction of sp³-hybridized carbons (Fsp3) is 0.286. The van der Waals surface area contributed by atoms with E-state index in [-0.39, 0.29) is 17.3 Å². The van der Waals surface area contributed by atoms with Crippen LogP contribution in [0.4, 0.5) is 5.69 Å². The van der Waals surface area contributed by atoms with Gasteiger partial charge in [-0.15, -0.1) is 0 Å². The lowest BCUT2D eigenvalue weighted by Gasteiger charge is -2.14. The number of thioether (sulfide) groups is 1. The molecule has 0 aromatic heterocycles. The predicted octanol–water partition coefficient (Wildman–Crippen LogP) is 5.84. The van der Waals surface area contributed by atoms with Gasteiger partial charge in [-0.25, -0.2) is 4.99 Å². The molecule has 1 spiro atoms. The molecule has 28 heavy (non-hydrogen) atoms. The van der Waals surface area contributed by atoms with Gasteiger partial charge in [-0.1, -0.05) is 65.3 Å². The Kier molecular flexibility index (Phi) is 5.76. The first-order valence-electron chi connectivity index (χ1n) is 9.18. The molecule has 2 aromatic rings. The van der Waals surface area contributed by atoms with E-state index in [2.05, 4.69) is 5.32 Å². The summed E-state index contributed by atoms with van der Waals surface area (Å²) in [6.07, 6.45) is 4.23. The molecule has 0 radical (unpaired) electrons. The maximum absolute atomic E-state index is 12.4. The fourth-order valence-corrected chi connectivity index (χ4v) is 4.81. The zero-order valence-corrected chi connectivity index (χ0v) is 17.4. The van der Waals surface area contributed by atoms with Crippen LogP contribution in [0.3, 0.4) is 0 Å². The Hall–Kier alpha value is -1.82. The van der Waals surface area contributed by atoms with Gasteiger partial charge in [0.1, 0.15) is 5.04 Å². The van der Waals surface area contributed by atoms with Crippen LogP contribution >= 0.6 is 35.0 Å². The van der Waals surface area contributed by atoms with Crippen LogP contribution in [0.15, 0.2) is 58.5 Å². The van der Waals surface area contributed by atoms with Gasteiger partial charge < -0.3 is 5.32 Å². The molecule has 7 heteroatoms. The summed E-state index contributed by atoms with van der Waals surface area (Å²) in [5.41, 5.74) is 2.15. The number of anilines is 1. The highest BCUT2D eigenvalue weighted by Gasteiger charge is 2.39. The van der Waals surface area contributed by atoms with E-state index in [1.165, 1.54) is 11.8 Å². The molecule has 1 fully saturated rings. The number of rotatable bonds is 4. The van der Waals surface area contributed by atoms with Crippen LogP contribution in [0.1, 0.15) is 31.2 Å². The molecule has 1 saturated carbocycles. The van der Waals surface area contributed by atoms with Gasteiger partial charge >= 0.3 is 0 Å². The lowest BCUT2D eigenvalue weighted by Crippen LogP contribution is -2.18. The summed E-state index contributed by atoms with van der Waals surface area (Å²) in [5, 5.41) is 4.62. The number of amides is 1. The van der Waals surface area contributed by atoms with Crippen LogP contribution in [0.5, 0.6) is 0 Å². The minimum absolute atomic E-state index is 0.142. The normalized spacial score (nSPS) is 17.5. The molecule has 4 rings (SSSR count). The van der Waals surface area contributed by atoms with Gasteiger partial charge in [-0.2, -0.15) is 0 Å². The molecule has 1 amide bonds. The van der Waals surface area contributed by atoms with Crippen molar-refractivity contribution in [3.05, 3.63) is 64.1 Å². The molecule has 0 unspecified atom stereocenters. The van der Waals surface area contributed by atoms with Crippen LogP contribution in [0, 0.1) is 0 Å². The van der Waals surface area contributed by atoms with E-state index in [0.29, 0.717) is 15.7 Å². The van der Waals surface area contributed by atoms with Gasteiger partial charge in [0.15, 0.2) is 5.66 Å². The number of hydrogen-bond donors (Lipinski definition) is 1. The van der Waals surface area contributed by atoms with Gasteiger partial charge in [-0.05, 0) is 43.9 Å². The molecule has 1 heterocycles. The molecule has 2 aliphatic rings. The first-order valence-corrected chi connectivity index (χ1v) is 10.9. The van der Waals surface area contributed by atoms with E-state index >= 15 is 0 Å². The van der Waals surface area contributed by atoms with Crippen molar-refractivity contribution in [3.63, 3.8) is 0 Å². The van der Waals surface area contributed by atoms with Gasteiger partial charge in [0.25, 0.3) is 0 Å². The maximum atomic E-state index is 12.4. The van der Waals surface area contributed by atoms with E-state index in [4.69, 9.17) is 33.2 Å². The standard InChI is InChI=1S/C21H19Cl2N3OS/c22-15-8-9-17(16(23)12-15)24-18(27)13-28-20-19(14-6-2-1-3-7-14)25-21(26-20)10-4-5-11-21/h1-3,6-9,12H,4-5,10-11,13H2,(H,24,27). The number of benzene rings is 2. The van der Waals surface area contributed by atoms with E-state index < -0.39 is 0 Å². The van der Waals surface area contributed by atoms with E-state index in [9.17, 15) is 4.79 Å². The highest BCUT2D eigenvalue weighted by Crippen LogP contribution is 2.40. The summed E-state index contributed by atoms with van der Waals surface area (Å²) in [5.74, 6) is 0.0939. The fourth-order valence-electron chi connectivity index (χ4n) is 3.48. The highest BCUT2D eigenvalue weighted by molar-refractivity contribution is 8.16. The predicted molar refractivity (Wildman–Crippen MR) is 119 cm³/mol. The summed E-state index contributed by atoms with van der Waals surface area (Å²) in [6, 6.07) is 15.1. The van der Waals surface area contributed by atoms with Crippen molar-refractivity contribution in [1.29, 1.82) is 0 Å². The van der Waals surface area contributed by atoms with Crippen LogP contribution in [-0.2, 0) is 4.79 Å². The molecular formula is C21H19Cl2N3OS. The number of nitrogens with zero attached hydrogens (tertiary/aromatic N) is 2. The number of halogens is 2. The Morgan fingerprint density at radius 1 is 1.07 bits per heavy atom. The maximum Gasteiger partial charge on any atom is 0.234 e. The lowest BCUT2D eigenvalue weighted by atomic mass is 10.1. The second-order valence-electron chi connectivity index (χ2n) is 6.89. The molecule has 0 bridgehead atoms. The van der Waals surface area contributed by atoms with E-state index in [1.54, 1.807) is 18.2 Å². The number of aliphatic imine (C=N–C) groups is 2. The quantitative estimate of drug-likeness (QED) is 0.660. The number of carbonyl (C=O) groups excluding carboxylic acids is 1. The van der Waals surface area contributed by atoms with Gasteiger partial charge in [-0.3, -0.25) is 9.79 Å². The monoisotopic (exact) mass is 431 g/mol. The Morgan fingerprint density at radius 2 is 1.82 bits per heavy atom. The van der Waals surface area contributed by atoms with Crippen molar-refractivity contribution in [2.45, 2.75) is 31.3 Å². The second kappa shape index (κ2) is 8.27. The molecule has 4 nitrogen and oxygen atoms in total. The van der Waals surface area contributed by atoms with Gasteiger partial charge in [0.2, 0.25) is 5.91 Å². The second-order valence-corrected chi connectivity index (χ2v) is 8.70. The van der Waals surface area contributed by atoms with Crippen molar-refractivity contribution in [1.82, 2.24) is 0 Å². The van der Waals surface area contributed by atoms with Crippen molar-refractivity contribution < 1.29 is 4.79 Å². The highest BCUT2D eigenvalue weighted by atomic mass is 35.5. The zero-order chi connectivity index (χ0) is 19.6. The number of nitrogens with one attached hydrogen (secondary N) is 1. The van der Waals surface area contributed by atoms with E-state index in [1.807, 2.05) is 30.3 Å². The van der Waals surface area contributed by atoms with Gasteiger partial charge in [0.05, 0.1) is 22.2 Å². The average molecular weight is 432 g/mol. The summed E-state index contributed by atoms with van der Waals surface area (Å²) < 4.78 is 0. The van der Waals surface area contributed by atoms with Crippen LogP contribution in [-0.4, -0.2) is 28.1 Å². The molecule has 2 aromatic carbocycles. The molecule has 1 N–H and O–H groups in total. The summed E-state index contributed by atoms with van der Waals surface area (Å²) in [4.78, 5) is 22.4. The van der Waals surface area contributed by atoms with Crippen LogP contribution < -0.4 is 5.32 Å². The van der Waals surface area contributed by atoms with Crippen molar-refractivity contribution in [2.75, 3.05) is 11.1 Å². The summed E-state index contributed by atoms with van der Waals surface area (Å²) in [7, 11) is 0. The smallest absolute Gasteiger partial charge is 0.234 e. The minimum atomic E-state index is -0.330. The third kappa shape index (κ3) is 4.27. The Labute approximate surface area is 178 Å². The third-order valence-electron chi connectivity index (χ3n) is 4.83. The van der Waals surface area contributed by atoms with Crippen molar-refractivity contribution in [2.24, 2.45) is 9.98 Å². The lowest BCUT2D eigenvalue weighted by molar-refractivity contribution is -0.113. The third-order valence-corrected chi connectivity index (χ3v) is 6.34. The first kappa shape index (κ1) is 19.5. The topological polar surface area (TPSA) is 53.8 Å². The summed E-state index contributed by atoms with van der Waals surface area (Å²) in [6.45, 7) is 0. The Morgan fingerprint density at radius 3 is 2.54 bits per heavy atom. The molecule has 144 valence electrons. The summed E-state index contributed by atoms with van der Waals surface area (Å²) >= 11 is 13.5. The molecule has 1 aliphatic carbocycles. The molecule has 0 atom stereocenters. The largest absolute Gasteiger partial charge is 0.324 e.